The van der Waals surface area contributed by atoms with Gasteiger partial charge in [0.25, 0.3) is 5.91 Å². The SMILES string of the molecule is CC1CCN(C(=O)c2ccc(Cl)c(S(C)(=O)=O)c2)CC1. The van der Waals surface area contributed by atoms with Crippen molar-refractivity contribution in [2.45, 2.75) is 24.7 Å². The molecule has 110 valence electrons. The van der Waals surface area contributed by atoms with Crippen molar-refractivity contribution < 1.29 is 13.2 Å². The molecule has 0 unspecified atom stereocenters. The van der Waals surface area contributed by atoms with Gasteiger partial charge in [0.2, 0.25) is 0 Å². The van der Waals surface area contributed by atoms with Gasteiger partial charge in [0, 0.05) is 24.9 Å². The molecule has 20 heavy (non-hydrogen) atoms. The first-order valence-corrected chi connectivity index (χ1v) is 8.85. The van der Waals surface area contributed by atoms with Crippen LogP contribution in [0.3, 0.4) is 0 Å². The number of nitrogens with zero attached hydrogens (tertiary/aromatic N) is 1. The van der Waals surface area contributed by atoms with Crippen molar-refractivity contribution in [1.29, 1.82) is 0 Å². The van der Waals surface area contributed by atoms with Crippen LogP contribution in [0.15, 0.2) is 23.1 Å². The molecule has 1 aromatic rings. The number of likely N-dealkylation sites (tertiary alicyclic amines) is 1. The summed E-state index contributed by atoms with van der Waals surface area (Å²) in [6.45, 7) is 3.61. The van der Waals surface area contributed by atoms with E-state index in [9.17, 15) is 13.2 Å². The summed E-state index contributed by atoms with van der Waals surface area (Å²) < 4.78 is 23.3. The molecule has 1 heterocycles. The smallest absolute Gasteiger partial charge is 0.253 e. The lowest BCUT2D eigenvalue weighted by Crippen LogP contribution is -2.37. The summed E-state index contributed by atoms with van der Waals surface area (Å²) in [5.41, 5.74) is 0.379. The summed E-state index contributed by atoms with van der Waals surface area (Å²) in [5.74, 6) is 0.509. The Balaban J connectivity index is 2.27. The highest BCUT2D eigenvalue weighted by atomic mass is 35.5. The van der Waals surface area contributed by atoms with E-state index in [2.05, 4.69) is 6.92 Å². The second kappa shape index (κ2) is 5.74. The minimum Gasteiger partial charge on any atom is -0.339 e. The highest BCUT2D eigenvalue weighted by Crippen LogP contribution is 2.24. The molecule has 1 saturated heterocycles. The lowest BCUT2D eigenvalue weighted by Gasteiger charge is -2.30. The molecule has 1 fully saturated rings. The second-order valence-electron chi connectivity index (χ2n) is 5.39. The van der Waals surface area contributed by atoms with Crippen LogP contribution in [0.4, 0.5) is 0 Å². The fourth-order valence-electron chi connectivity index (χ4n) is 2.31. The first kappa shape index (κ1) is 15.3. The molecule has 4 nitrogen and oxygen atoms in total. The Morgan fingerprint density at radius 3 is 2.45 bits per heavy atom. The van der Waals surface area contributed by atoms with Crippen LogP contribution >= 0.6 is 11.6 Å². The van der Waals surface area contributed by atoms with Crippen LogP contribution < -0.4 is 0 Å². The van der Waals surface area contributed by atoms with Crippen molar-refractivity contribution in [1.82, 2.24) is 4.90 Å². The molecule has 0 spiro atoms. The highest BCUT2D eigenvalue weighted by molar-refractivity contribution is 7.90. The van der Waals surface area contributed by atoms with Crippen molar-refractivity contribution in [2.75, 3.05) is 19.3 Å². The Morgan fingerprint density at radius 2 is 1.90 bits per heavy atom. The van der Waals surface area contributed by atoms with Gasteiger partial charge < -0.3 is 4.90 Å². The van der Waals surface area contributed by atoms with Gasteiger partial charge in [0.15, 0.2) is 9.84 Å². The summed E-state index contributed by atoms with van der Waals surface area (Å²) in [4.78, 5) is 14.2. The van der Waals surface area contributed by atoms with Gasteiger partial charge in [-0.1, -0.05) is 18.5 Å². The Labute approximate surface area is 124 Å². The van der Waals surface area contributed by atoms with E-state index in [-0.39, 0.29) is 15.8 Å². The van der Waals surface area contributed by atoms with E-state index in [1.54, 1.807) is 11.0 Å². The predicted octanol–water partition coefficient (Wildman–Crippen LogP) is 2.62. The predicted molar refractivity (Wildman–Crippen MR) is 78.9 cm³/mol. The average Bonchev–Trinajstić information content (AvgIpc) is 2.38. The molecule has 0 bridgehead atoms. The van der Waals surface area contributed by atoms with Crippen molar-refractivity contribution in [3.63, 3.8) is 0 Å². The van der Waals surface area contributed by atoms with Gasteiger partial charge in [-0.3, -0.25) is 4.79 Å². The number of amides is 1. The van der Waals surface area contributed by atoms with Crippen LogP contribution in [0, 0.1) is 5.92 Å². The van der Waals surface area contributed by atoms with Crippen molar-refractivity contribution in [3.05, 3.63) is 28.8 Å². The molecule has 0 radical (unpaired) electrons. The van der Waals surface area contributed by atoms with Crippen LogP contribution in [0.1, 0.15) is 30.1 Å². The van der Waals surface area contributed by atoms with Crippen LogP contribution in [0.2, 0.25) is 5.02 Å². The molecule has 1 aromatic carbocycles. The monoisotopic (exact) mass is 315 g/mol. The molecule has 2 rings (SSSR count). The number of carbonyl (C=O) groups is 1. The van der Waals surface area contributed by atoms with Crippen molar-refractivity contribution in [3.8, 4) is 0 Å². The molecule has 0 aromatic heterocycles. The maximum Gasteiger partial charge on any atom is 0.253 e. The van der Waals surface area contributed by atoms with Crippen molar-refractivity contribution >= 4 is 27.3 Å². The number of halogens is 1. The maximum absolute atomic E-state index is 12.4. The van der Waals surface area contributed by atoms with Crippen molar-refractivity contribution in [2.24, 2.45) is 5.92 Å². The highest BCUT2D eigenvalue weighted by Gasteiger charge is 2.23. The van der Waals surface area contributed by atoms with E-state index in [4.69, 9.17) is 11.6 Å². The lowest BCUT2D eigenvalue weighted by atomic mass is 9.98. The van der Waals surface area contributed by atoms with Crippen LogP contribution in [0.25, 0.3) is 0 Å². The summed E-state index contributed by atoms with van der Waals surface area (Å²) in [6.07, 6.45) is 3.06. The average molecular weight is 316 g/mol. The molecule has 0 atom stereocenters. The quantitative estimate of drug-likeness (QED) is 0.843. The molecule has 1 aliphatic rings. The Bertz CT molecular complexity index is 619. The fraction of sp³-hybridized carbons (Fsp3) is 0.500. The van der Waals surface area contributed by atoms with E-state index in [0.717, 1.165) is 32.2 Å². The van der Waals surface area contributed by atoms with Gasteiger partial charge in [-0.25, -0.2) is 8.42 Å². The zero-order valence-electron chi connectivity index (χ0n) is 11.6. The largest absolute Gasteiger partial charge is 0.339 e. The van der Waals surface area contributed by atoms with Crippen LogP contribution in [0.5, 0.6) is 0 Å². The Kier molecular flexibility index (Phi) is 4.39. The zero-order valence-corrected chi connectivity index (χ0v) is 13.2. The summed E-state index contributed by atoms with van der Waals surface area (Å²) in [5, 5.41) is 0.149. The first-order chi connectivity index (χ1) is 9.29. The van der Waals surface area contributed by atoms with Gasteiger partial charge in [-0.15, -0.1) is 0 Å². The normalized spacial score (nSPS) is 17.2. The van der Waals surface area contributed by atoms with E-state index in [1.165, 1.54) is 12.1 Å². The van der Waals surface area contributed by atoms with Crippen LogP contribution in [-0.2, 0) is 9.84 Å². The zero-order chi connectivity index (χ0) is 14.9. The molecule has 1 amide bonds. The van der Waals surface area contributed by atoms with Crippen LogP contribution in [-0.4, -0.2) is 38.6 Å². The molecule has 1 aliphatic heterocycles. The number of hydrogen-bond acceptors (Lipinski definition) is 3. The number of benzene rings is 1. The third kappa shape index (κ3) is 3.33. The molecule has 0 aliphatic carbocycles. The third-order valence-corrected chi connectivity index (χ3v) is 5.23. The lowest BCUT2D eigenvalue weighted by molar-refractivity contribution is 0.0697. The van der Waals surface area contributed by atoms with E-state index in [1.807, 2.05) is 0 Å². The first-order valence-electron chi connectivity index (χ1n) is 6.58. The number of carbonyl (C=O) groups excluding carboxylic acids is 1. The molecular formula is C14H18ClNO3S. The minimum absolute atomic E-state index is 0.00962. The number of rotatable bonds is 2. The van der Waals surface area contributed by atoms with Gasteiger partial charge in [0.1, 0.15) is 0 Å². The third-order valence-electron chi connectivity index (χ3n) is 3.65. The molecule has 6 heteroatoms. The van der Waals surface area contributed by atoms with E-state index < -0.39 is 9.84 Å². The molecule has 0 saturated carbocycles. The summed E-state index contributed by atoms with van der Waals surface area (Å²) >= 11 is 5.89. The maximum atomic E-state index is 12.4. The van der Waals surface area contributed by atoms with E-state index in [0.29, 0.717) is 11.5 Å². The summed E-state index contributed by atoms with van der Waals surface area (Å²) in [7, 11) is -3.43. The van der Waals surface area contributed by atoms with Gasteiger partial charge in [-0.05, 0) is 37.0 Å². The number of piperidine rings is 1. The summed E-state index contributed by atoms with van der Waals surface area (Å²) in [6, 6.07) is 4.42. The fourth-order valence-corrected chi connectivity index (χ4v) is 3.62. The van der Waals surface area contributed by atoms with Gasteiger partial charge in [-0.2, -0.15) is 0 Å². The Hall–Kier alpha value is -1.07. The molecule has 0 N–H and O–H groups in total. The minimum atomic E-state index is -3.43. The standard InChI is InChI=1S/C14H18ClNO3S/c1-10-5-7-16(8-6-10)14(17)11-3-4-12(15)13(9-11)20(2,18)19/h3-4,9-10H,5-8H2,1-2H3. The van der Waals surface area contributed by atoms with E-state index >= 15 is 0 Å². The number of sulfone groups is 1. The topological polar surface area (TPSA) is 54.5 Å². The molecular weight excluding hydrogens is 298 g/mol. The second-order valence-corrected chi connectivity index (χ2v) is 7.78. The van der Waals surface area contributed by atoms with Gasteiger partial charge in [0.05, 0.1) is 9.92 Å². The Morgan fingerprint density at radius 1 is 1.30 bits per heavy atom. The number of hydrogen-bond donors (Lipinski definition) is 0. The van der Waals surface area contributed by atoms with Gasteiger partial charge >= 0.3 is 0 Å².